The van der Waals surface area contributed by atoms with Crippen LogP contribution >= 0.6 is 0 Å². The van der Waals surface area contributed by atoms with E-state index in [0.717, 1.165) is 0 Å². The Bertz CT molecular complexity index is 1000. The zero-order chi connectivity index (χ0) is 19.7. The molecule has 3 aromatic heterocycles. The first-order valence-corrected chi connectivity index (χ1v) is 8.56. The van der Waals surface area contributed by atoms with Crippen LogP contribution in [0.25, 0.3) is 11.0 Å². The van der Waals surface area contributed by atoms with Crippen LogP contribution in [0.5, 0.6) is 0 Å². The molecule has 0 aromatic carbocycles. The van der Waals surface area contributed by atoms with Crippen LogP contribution in [-0.4, -0.2) is 37.9 Å². The highest BCUT2D eigenvalue weighted by Crippen LogP contribution is 2.22. The van der Waals surface area contributed by atoms with Crippen LogP contribution in [0.4, 0.5) is 5.82 Å². The summed E-state index contributed by atoms with van der Waals surface area (Å²) >= 11 is 0. The van der Waals surface area contributed by atoms with E-state index in [0.29, 0.717) is 28.1 Å². The topological polar surface area (TPSA) is 112 Å². The number of anilines is 1. The van der Waals surface area contributed by atoms with Gasteiger partial charge in [-0.05, 0) is 40.7 Å². The fraction of sp³-hybridized carbons (Fsp3) is 0.389. The Labute approximate surface area is 155 Å². The second kappa shape index (κ2) is 7.18. The molecule has 3 heterocycles. The number of nitrogens with one attached hydrogen (secondary N) is 1. The van der Waals surface area contributed by atoms with Crippen LogP contribution in [0.3, 0.4) is 0 Å². The minimum Gasteiger partial charge on any atom is -0.449 e. The van der Waals surface area contributed by atoms with Gasteiger partial charge in [-0.25, -0.2) is 14.5 Å². The van der Waals surface area contributed by atoms with Gasteiger partial charge >= 0.3 is 5.97 Å². The molecule has 0 unspecified atom stereocenters. The zero-order valence-corrected chi connectivity index (χ0v) is 15.8. The molecule has 3 aromatic rings. The van der Waals surface area contributed by atoms with Gasteiger partial charge in [0, 0.05) is 17.8 Å². The number of aromatic nitrogens is 4. The summed E-state index contributed by atoms with van der Waals surface area (Å²) in [5.41, 5.74) is 1.58. The summed E-state index contributed by atoms with van der Waals surface area (Å²) in [5, 5.41) is 11.1. The summed E-state index contributed by atoms with van der Waals surface area (Å²) in [6, 6.07) is 3.29. The predicted molar refractivity (Wildman–Crippen MR) is 97.4 cm³/mol. The van der Waals surface area contributed by atoms with Crippen molar-refractivity contribution in [3.63, 3.8) is 0 Å². The minimum atomic E-state index is -1.02. The van der Waals surface area contributed by atoms with Crippen molar-refractivity contribution in [3.05, 3.63) is 35.3 Å². The number of hydrogen-bond donors (Lipinski definition) is 1. The van der Waals surface area contributed by atoms with Crippen molar-refractivity contribution >= 4 is 28.7 Å². The highest BCUT2D eigenvalue weighted by molar-refractivity contribution is 6.04. The van der Waals surface area contributed by atoms with Crippen molar-refractivity contribution in [1.29, 1.82) is 0 Å². The molecule has 3 rings (SSSR count). The third-order valence-corrected chi connectivity index (χ3v) is 3.94. The first-order chi connectivity index (χ1) is 12.8. The molecule has 1 amide bonds. The van der Waals surface area contributed by atoms with Gasteiger partial charge in [-0.1, -0.05) is 5.16 Å². The lowest BCUT2D eigenvalue weighted by Gasteiger charge is -2.13. The summed E-state index contributed by atoms with van der Waals surface area (Å²) in [5.74, 6) is -0.295. The monoisotopic (exact) mass is 371 g/mol. The van der Waals surface area contributed by atoms with Crippen molar-refractivity contribution in [2.75, 3.05) is 5.32 Å². The van der Waals surface area contributed by atoms with Crippen molar-refractivity contribution < 1.29 is 18.8 Å². The standard InChI is InChI=1S/C18H21N5O4/c1-9(2)23-16-14(8-19-23)13(6-10(3)20-16)18(25)26-12(5)17(24)21-15-7-11(4)27-22-15/h6-9,12H,1-5H3,(H,21,22,24)/t12-/m0/s1. The number of nitrogens with zero attached hydrogens (tertiary/aromatic N) is 4. The van der Waals surface area contributed by atoms with Gasteiger partial charge in [0.05, 0.1) is 17.1 Å². The molecular formula is C18H21N5O4. The number of hydrogen-bond acceptors (Lipinski definition) is 7. The van der Waals surface area contributed by atoms with Crippen molar-refractivity contribution in [3.8, 4) is 0 Å². The van der Waals surface area contributed by atoms with E-state index >= 15 is 0 Å². The molecule has 0 bridgehead atoms. The van der Waals surface area contributed by atoms with Crippen LogP contribution in [0.2, 0.25) is 0 Å². The molecule has 142 valence electrons. The average Bonchev–Trinajstić information content (AvgIpc) is 3.19. The van der Waals surface area contributed by atoms with Gasteiger partial charge in [-0.2, -0.15) is 5.10 Å². The van der Waals surface area contributed by atoms with Gasteiger partial charge < -0.3 is 14.6 Å². The number of fused-ring (bicyclic) bond motifs is 1. The molecule has 0 radical (unpaired) electrons. The van der Waals surface area contributed by atoms with Crippen molar-refractivity contribution in [2.45, 2.75) is 46.8 Å². The van der Waals surface area contributed by atoms with E-state index in [1.54, 1.807) is 36.9 Å². The Kier molecular flexibility index (Phi) is 4.93. The molecule has 0 aliphatic carbocycles. The normalized spacial score (nSPS) is 12.4. The summed E-state index contributed by atoms with van der Waals surface area (Å²) in [4.78, 5) is 29.3. The molecule has 0 fully saturated rings. The van der Waals surface area contributed by atoms with Gasteiger partial charge in [-0.3, -0.25) is 4.79 Å². The number of carbonyl (C=O) groups excluding carboxylic acids is 2. The number of ether oxygens (including phenoxy) is 1. The molecule has 0 spiro atoms. The summed E-state index contributed by atoms with van der Waals surface area (Å²) in [7, 11) is 0. The fourth-order valence-corrected chi connectivity index (χ4v) is 2.62. The first-order valence-electron chi connectivity index (χ1n) is 8.56. The molecule has 27 heavy (non-hydrogen) atoms. The second-order valence-corrected chi connectivity index (χ2v) is 6.59. The molecule has 1 atom stereocenters. The molecule has 0 aliphatic heterocycles. The van der Waals surface area contributed by atoms with E-state index in [4.69, 9.17) is 9.26 Å². The maximum Gasteiger partial charge on any atom is 0.339 e. The maximum atomic E-state index is 12.7. The number of esters is 1. The van der Waals surface area contributed by atoms with E-state index in [1.165, 1.54) is 6.92 Å². The highest BCUT2D eigenvalue weighted by Gasteiger charge is 2.23. The number of amides is 1. The maximum absolute atomic E-state index is 12.7. The molecule has 0 saturated carbocycles. The van der Waals surface area contributed by atoms with Gasteiger partial charge in [-0.15, -0.1) is 0 Å². The second-order valence-electron chi connectivity index (χ2n) is 6.59. The molecule has 0 saturated heterocycles. The molecule has 0 aliphatic rings. The summed E-state index contributed by atoms with van der Waals surface area (Å²) < 4.78 is 12.0. The van der Waals surface area contributed by atoms with E-state index in [-0.39, 0.29) is 11.9 Å². The van der Waals surface area contributed by atoms with Crippen LogP contribution in [0.1, 0.15) is 48.6 Å². The van der Waals surface area contributed by atoms with Crippen LogP contribution < -0.4 is 5.32 Å². The molecule has 9 nitrogen and oxygen atoms in total. The Morgan fingerprint density at radius 3 is 2.59 bits per heavy atom. The fourth-order valence-electron chi connectivity index (χ4n) is 2.62. The number of carbonyl (C=O) groups is 2. The summed E-state index contributed by atoms with van der Waals surface area (Å²) in [6.45, 7) is 8.94. The van der Waals surface area contributed by atoms with E-state index < -0.39 is 18.0 Å². The Balaban J connectivity index is 1.80. The van der Waals surface area contributed by atoms with Gasteiger partial charge in [0.15, 0.2) is 17.6 Å². The van der Waals surface area contributed by atoms with Crippen LogP contribution in [0, 0.1) is 13.8 Å². The van der Waals surface area contributed by atoms with Gasteiger partial charge in [0.25, 0.3) is 5.91 Å². The van der Waals surface area contributed by atoms with Crippen molar-refractivity contribution in [1.82, 2.24) is 19.9 Å². The van der Waals surface area contributed by atoms with Crippen molar-refractivity contribution in [2.24, 2.45) is 0 Å². The largest absolute Gasteiger partial charge is 0.449 e. The lowest BCUT2D eigenvalue weighted by molar-refractivity contribution is -0.123. The third kappa shape index (κ3) is 3.81. The average molecular weight is 371 g/mol. The lowest BCUT2D eigenvalue weighted by Crippen LogP contribution is -2.30. The van der Waals surface area contributed by atoms with Crippen LogP contribution in [-0.2, 0) is 9.53 Å². The minimum absolute atomic E-state index is 0.0938. The highest BCUT2D eigenvalue weighted by atomic mass is 16.5. The van der Waals surface area contributed by atoms with Crippen LogP contribution in [0.15, 0.2) is 22.9 Å². The molecular weight excluding hydrogens is 350 g/mol. The number of rotatable bonds is 5. The zero-order valence-electron chi connectivity index (χ0n) is 15.8. The smallest absolute Gasteiger partial charge is 0.339 e. The van der Waals surface area contributed by atoms with Gasteiger partial charge in [0.1, 0.15) is 5.76 Å². The molecule has 1 N–H and O–H groups in total. The quantitative estimate of drug-likeness (QED) is 0.686. The molecule has 9 heteroatoms. The summed E-state index contributed by atoms with van der Waals surface area (Å²) in [6.07, 6.45) is 0.569. The number of pyridine rings is 1. The first kappa shape index (κ1) is 18.6. The predicted octanol–water partition coefficient (Wildman–Crippen LogP) is 2.80. The Morgan fingerprint density at radius 2 is 1.96 bits per heavy atom. The SMILES string of the molecule is Cc1cc(C(=O)O[C@@H](C)C(=O)Nc2cc(C)on2)c2cnn(C(C)C)c2n1. The van der Waals surface area contributed by atoms with E-state index in [9.17, 15) is 9.59 Å². The van der Waals surface area contributed by atoms with E-state index in [1.807, 2.05) is 13.8 Å². The Hall–Kier alpha value is -3.23. The third-order valence-electron chi connectivity index (χ3n) is 3.94. The van der Waals surface area contributed by atoms with E-state index in [2.05, 4.69) is 20.6 Å². The Morgan fingerprint density at radius 1 is 1.22 bits per heavy atom. The van der Waals surface area contributed by atoms with Gasteiger partial charge in [0.2, 0.25) is 0 Å². The number of aryl methyl sites for hydroxylation is 2. The lowest BCUT2D eigenvalue weighted by atomic mass is 10.1.